The van der Waals surface area contributed by atoms with Crippen molar-refractivity contribution in [2.75, 3.05) is 18.5 Å². The number of carbonyl (C=O) groups is 1. The van der Waals surface area contributed by atoms with Crippen LogP contribution in [0.1, 0.15) is 23.7 Å². The van der Waals surface area contributed by atoms with E-state index in [1.54, 1.807) is 17.8 Å². The van der Waals surface area contributed by atoms with Gasteiger partial charge in [0.05, 0.1) is 11.1 Å². The molecule has 0 bridgehead atoms. The van der Waals surface area contributed by atoms with E-state index < -0.39 is 0 Å². The lowest BCUT2D eigenvalue weighted by molar-refractivity contribution is 0.0955. The summed E-state index contributed by atoms with van der Waals surface area (Å²) in [4.78, 5) is 16.5. The van der Waals surface area contributed by atoms with Crippen molar-refractivity contribution in [3.63, 3.8) is 0 Å². The number of nitrogen functional groups attached to an aromatic ring is 1. The van der Waals surface area contributed by atoms with E-state index in [2.05, 4.69) is 23.5 Å². The number of aromatic nitrogens is 1. The number of carbonyl (C=O) groups excluding carboxylic acids is 1. The van der Waals surface area contributed by atoms with Gasteiger partial charge < -0.3 is 11.1 Å². The molecule has 1 unspecified atom stereocenters. The van der Waals surface area contributed by atoms with Gasteiger partial charge in [0.2, 0.25) is 0 Å². The lowest BCUT2D eigenvalue weighted by atomic mass is 10.1. The molecule has 1 atom stereocenters. The van der Waals surface area contributed by atoms with Crippen LogP contribution in [0.4, 0.5) is 5.82 Å². The first-order valence-electron chi connectivity index (χ1n) is 6.58. The predicted octanol–water partition coefficient (Wildman–Crippen LogP) is 2.69. The maximum atomic E-state index is 12.3. The van der Waals surface area contributed by atoms with Gasteiger partial charge in [0.15, 0.2) is 0 Å². The summed E-state index contributed by atoms with van der Waals surface area (Å²) in [5.74, 6) is 0.273. The minimum Gasteiger partial charge on any atom is -0.384 e. The van der Waals surface area contributed by atoms with E-state index in [-0.39, 0.29) is 5.91 Å². The van der Waals surface area contributed by atoms with Crippen LogP contribution in [0.15, 0.2) is 30.3 Å². The largest absolute Gasteiger partial charge is 0.384 e. The zero-order valence-corrected chi connectivity index (χ0v) is 12.5. The fourth-order valence-corrected chi connectivity index (χ4v) is 2.34. The molecule has 0 saturated heterocycles. The quantitative estimate of drug-likeness (QED) is 0.888. The number of amides is 1. The third-order valence-electron chi connectivity index (χ3n) is 3.22. The molecule has 3 N–H and O–H groups in total. The van der Waals surface area contributed by atoms with E-state index in [9.17, 15) is 4.79 Å². The number of hydrogen-bond acceptors (Lipinski definition) is 4. The van der Waals surface area contributed by atoms with Crippen molar-refractivity contribution < 1.29 is 4.79 Å². The second-order valence-electron chi connectivity index (χ2n) is 4.70. The molecule has 0 spiro atoms. The molecule has 0 aliphatic carbocycles. The number of para-hydroxylation sites is 1. The van der Waals surface area contributed by atoms with Gasteiger partial charge in [0.25, 0.3) is 5.91 Å². The molecule has 0 aliphatic heterocycles. The maximum Gasteiger partial charge on any atom is 0.252 e. The summed E-state index contributed by atoms with van der Waals surface area (Å²) in [5.41, 5.74) is 7.10. The van der Waals surface area contributed by atoms with Crippen molar-refractivity contribution in [2.24, 2.45) is 0 Å². The van der Waals surface area contributed by atoms with Crippen molar-refractivity contribution >= 4 is 34.4 Å². The van der Waals surface area contributed by atoms with Crippen molar-refractivity contribution in [3.8, 4) is 0 Å². The average Bonchev–Trinajstić information content (AvgIpc) is 2.45. The topological polar surface area (TPSA) is 68.0 Å². The molecule has 1 aromatic heterocycles. The first kappa shape index (κ1) is 14.7. The summed E-state index contributed by atoms with van der Waals surface area (Å²) >= 11 is 1.80. The summed E-state index contributed by atoms with van der Waals surface area (Å²) in [6, 6.07) is 9.17. The Balaban J connectivity index is 2.17. The van der Waals surface area contributed by atoms with Crippen molar-refractivity contribution in [2.45, 2.75) is 18.6 Å². The highest BCUT2D eigenvalue weighted by atomic mass is 32.2. The van der Waals surface area contributed by atoms with Crippen molar-refractivity contribution in [3.05, 3.63) is 35.9 Å². The lowest BCUT2D eigenvalue weighted by Gasteiger charge is -2.11. The van der Waals surface area contributed by atoms with E-state index in [0.717, 1.165) is 17.3 Å². The number of benzene rings is 1. The van der Waals surface area contributed by atoms with E-state index in [1.165, 1.54) is 0 Å². The third-order valence-corrected chi connectivity index (χ3v) is 4.26. The Kier molecular flexibility index (Phi) is 4.84. The van der Waals surface area contributed by atoms with Crippen LogP contribution in [0.5, 0.6) is 0 Å². The van der Waals surface area contributed by atoms with Gasteiger partial charge in [-0.2, -0.15) is 11.8 Å². The number of thioether (sulfide) groups is 1. The Bertz CT molecular complexity index is 615. The van der Waals surface area contributed by atoms with Crippen LogP contribution in [0.3, 0.4) is 0 Å². The highest BCUT2D eigenvalue weighted by Crippen LogP contribution is 2.19. The number of nitrogens with zero attached hydrogens (tertiary/aromatic N) is 1. The molecule has 5 heteroatoms. The Hall–Kier alpha value is -1.75. The fraction of sp³-hybridized carbons (Fsp3) is 0.333. The number of hydrogen-bond donors (Lipinski definition) is 2. The molecular weight excluding hydrogens is 270 g/mol. The molecule has 2 aromatic rings. The van der Waals surface area contributed by atoms with E-state index >= 15 is 0 Å². The van der Waals surface area contributed by atoms with Crippen LogP contribution in [-0.2, 0) is 0 Å². The van der Waals surface area contributed by atoms with Crippen molar-refractivity contribution in [1.82, 2.24) is 10.3 Å². The van der Waals surface area contributed by atoms with Crippen LogP contribution in [0, 0.1) is 0 Å². The number of nitrogens with two attached hydrogens (primary N) is 1. The molecule has 0 radical (unpaired) electrons. The molecule has 20 heavy (non-hydrogen) atoms. The zero-order chi connectivity index (χ0) is 14.5. The number of rotatable bonds is 5. The number of fused-ring (bicyclic) bond motifs is 1. The van der Waals surface area contributed by atoms with Gasteiger partial charge in [0.1, 0.15) is 5.82 Å². The van der Waals surface area contributed by atoms with Gasteiger partial charge in [0, 0.05) is 17.2 Å². The molecule has 106 valence electrons. The Labute approximate surface area is 123 Å². The highest BCUT2D eigenvalue weighted by molar-refractivity contribution is 7.99. The summed E-state index contributed by atoms with van der Waals surface area (Å²) in [6.45, 7) is 2.81. The molecule has 4 nitrogen and oxygen atoms in total. The number of pyridine rings is 1. The molecular formula is C15H19N3OS. The van der Waals surface area contributed by atoms with Gasteiger partial charge in [-0.15, -0.1) is 0 Å². The van der Waals surface area contributed by atoms with E-state index in [1.807, 2.05) is 24.3 Å². The number of anilines is 1. The first-order chi connectivity index (χ1) is 9.61. The third kappa shape index (κ3) is 3.42. The Morgan fingerprint density at radius 1 is 1.45 bits per heavy atom. The standard InChI is InChI=1S/C15H19N3OS/c1-10(20-2)7-8-17-15(19)12-9-14(16)18-13-6-4-3-5-11(12)13/h3-6,9-10H,7-8H2,1-2H3,(H2,16,18)(H,17,19). The van der Waals surface area contributed by atoms with Crippen LogP contribution in [-0.4, -0.2) is 28.9 Å². The Morgan fingerprint density at radius 3 is 2.95 bits per heavy atom. The van der Waals surface area contributed by atoms with Gasteiger partial charge >= 0.3 is 0 Å². The van der Waals surface area contributed by atoms with Crippen molar-refractivity contribution in [1.29, 1.82) is 0 Å². The summed E-state index contributed by atoms with van der Waals surface area (Å²) in [6.07, 6.45) is 3.02. The SMILES string of the molecule is CSC(C)CCNC(=O)c1cc(N)nc2ccccc12. The van der Waals surface area contributed by atoms with Gasteiger partial charge in [-0.25, -0.2) is 4.98 Å². The second-order valence-corrected chi connectivity index (χ2v) is 5.98. The summed E-state index contributed by atoms with van der Waals surface area (Å²) < 4.78 is 0. The Morgan fingerprint density at radius 2 is 2.20 bits per heavy atom. The van der Waals surface area contributed by atoms with Crippen LogP contribution < -0.4 is 11.1 Å². The maximum absolute atomic E-state index is 12.3. The summed E-state index contributed by atoms with van der Waals surface area (Å²) in [7, 11) is 0. The highest BCUT2D eigenvalue weighted by Gasteiger charge is 2.12. The molecule has 2 rings (SSSR count). The monoisotopic (exact) mass is 289 g/mol. The van der Waals surface area contributed by atoms with Gasteiger partial charge in [-0.3, -0.25) is 4.79 Å². The molecule has 1 heterocycles. The fourth-order valence-electron chi connectivity index (χ4n) is 1.99. The van der Waals surface area contributed by atoms with Crippen LogP contribution in [0.25, 0.3) is 10.9 Å². The normalized spacial score (nSPS) is 12.3. The van der Waals surface area contributed by atoms with Gasteiger partial charge in [-0.05, 0) is 24.8 Å². The minimum atomic E-state index is -0.0939. The lowest BCUT2D eigenvalue weighted by Crippen LogP contribution is -2.26. The molecule has 1 amide bonds. The van der Waals surface area contributed by atoms with E-state index in [4.69, 9.17) is 5.73 Å². The molecule has 0 fully saturated rings. The zero-order valence-electron chi connectivity index (χ0n) is 11.7. The minimum absolute atomic E-state index is 0.0939. The molecule has 0 saturated carbocycles. The molecule has 0 aliphatic rings. The smallest absolute Gasteiger partial charge is 0.252 e. The summed E-state index contributed by atoms with van der Waals surface area (Å²) in [5, 5.41) is 4.32. The van der Waals surface area contributed by atoms with Crippen LogP contribution in [0.2, 0.25) is 0 Å². The first-order valence-corrected chi connectivity index (χ1v) is 7.87. The second kappa shape index (κ2) is 6.61. The van der Waals surface area contributed by atoms with E-state index in [0.29, 0.717) is 23.2 Å². The van der Waals surface area contributed by atoms with Crippen LogP contribution >= 0.6 is 11.8 Å². The average molecular weight is 289 g/mol. The van der Waals surface area contributed by atoms with Gasteiger partial charge in [-0.1, -0.05) is 25.1 Å². The predicted molar refractivity (Wildman–Crippen MR) is 86.1 cm³/mol. The molecule has 1 aromatic carbocycles. The number of nitrogens with one attached hydrogen (secondary N) is 1.